The summed E-state index contributed by atoms with van der Waals surface area (Å²) >= 11 is 0. The van der Waals surface area contributed by atoms with Crippen LogP contribution in [0.3, 0.4) is 0 Å². The van der Waals surface area contributed by atoms with Gasteiger partial charge in [-0.2, -0.15) is 0 Å². The van der Waals surface area contributed by atoms with Crippen molar-refractivity contribution in [2.24, 2.45) is 5.73 Å². The molecule has 0 spiro atoms. The Bertz CT molecular complexity index is 403. The van der Waals surface area contributed by atoms with E-state index in [1.165, 1.54) is 22.9 Å². The summed E-state index contributed by atoms with van der Waals surface area (Å²) in [6, 6.07) is 8.57. The van der Waals surface area contributed by atoms with Crippen LogP contribution in [0.2, 0.25) is 0 Å². The van der Waals surface area contributed by atoms with Gasteiger partial charge < -0.3 is 10.3 Å². The first-order valence-electron chi connectivity index (χ1n) is 5.63. The molecule has 0 aliphatic heterocycles. The maximum Gasteiger partial charge on any atom is 0.0483 e. The maximum atomic E-state index is 5.63. The maximum absolute atomic E-state index is 5.63. The second kappa shape index (κ2) is 4.49. The van der Waals surface area contributed by atoms with E-state index in [0.29, 0.717) is 0 Å². The Morgan fingerprint density at radius 1 is 1.27 bits per heavy atom. The van der Waals surface area contributed by atoms with E-state index >= 15 is 0 Å². The molecule has 1 aromatic heterocycles. The van der Waals surface area contributed by atoms with Crippen LogP contribution in [0.1, 0.15) is 18.9 Å². The Kier molecular flexibility index (Phi) is 3.07. The molecule has 1 aromatic carbocycles. The summed E-state index contributed by atoms with van der Waals surface area (Å²) < 4.78 is 2.33. The molecule has 2 nitrogen and oxygen atoms in total. The van der Waals surface area contributed by atoms with Crippen molar-refractivity contribution >= 4 is 10.9 Å². The van der Waals surface area contributed by atoms with E-state index in [9.17, 15) is 0 Å². The number of fused-ring (bicyclic) bond motifs is 1. The Morgan fingerprint density at radius 3 is 2.80 bits per heavy atom. The number of rotatable bonds is 4. The van der Waals surface area contributed by atoms with Crippen LogP contribution in [0.4, 0.5) is 0 Å². The first kappa shape index (κ1) is 10.2. The van der Waals surface area contributed by atoms with Gasteiger partial charge in [-0.05, 0) is 31.0 Å². The number of benzene rings is 1. The molecule has 0 saturated carbocycles. The van der Waals surface area contributed by atoms with Crippen molar-refractivity contribution in [2.75, 3.05) is 6.54 Å². The van der Waals surface area contributed by atoms with Crippen molar-refractivity contribution < 1.29 is 0 Å². The highest BCUT2D eigenvalue weighted by atomic mass is 15.0. The number of nitrogens with zero attached hydrogens (tertiary/aromatic N) is 1. The average molecular weight is 202 g/mol. The molecule has 0 bridgehead atoms. The van der Waals surface area contributed by atoms with Crippen LogP contribution < -0.4 is 5.73 Å². The molecule has 0 amide bonds. The molecule has 2 N–H and O–H groups in total. The second-order valence-electron chi connectivity index (χ2n) is 3.90. The predicted octanol–water partition coefficient (Wildman–Crippen LogP) is 2.55. The van der Waals surface area contributed by atoms with Crippen molar-refractivity contribution in [1.29, 1.82) is 0 Å². The fraction of sp³-hybridized carbons (Fsp3) is 0.385. The van der Waals surface area contributed by atoms with Crippen molar-refractivity contribution in [3.8, 4) is 0 Å². The molecule has 0 aliphatic rings. The van der Waals surface area contributed by atoms with Gasteiger partial charge in [0.2, 0.25) is 0 Å². The lowest BCUT2D eigenvalue weighted by molar-refractivity contribution is 0.700. The third kappa shape index (κ3) is 1.90. The Labute approximate surface area is 90.7 Å². The topological polar surface area (TPSA) is 30.9 Å². The van der Waals surface area contributed by atoms with Crippen LogP contribution in [-0.2, 0) is 13.0 Å². The summed E-state index contributed by atoms with van der Waals surface area (Å²) in [6.07, 6.45) is 4.39. The summed E-state index contributed by atoms with van der Waals surface area (Å²) in [5.74, 6) is 0. The predicted molar refractivity (Wildman–Crippen MR) is 65.0 cm³/mol. The summed E-state index contributed by atoms with van der Waals surface area (Å²) in [4.78, 5) is 0. The smallest absolute Gasteiger partial charge is 0.0483 e. The van der Waals surface area contributed by atoms with E-state index in [1.54, 1.807) is 0 Å². The molecule has 0 unspecified atom stereocenters. The van der Waals surface area contributed by atoms with Gasteiger partial charge in [-0.25, -0.2) is 0 Å². The number of para-hydroxylation sites is 1. The molecule has 15 heavy (non-hydrogen) atoms. The highest BCUT2D eigenvalue weighted by molar-refractivity contribution is 5.84. The SMILES string of the molecule is CCCn1cc(CCN)c2ccccc21. The fourth-order valence-corrected chi connectivity index (χ4v) is 2.10. The molecule has 2 rings (SSSR count). The Morgan fingerprint density at radius 2 is 2.07 bits per heavy atom. The molecule has 0 radical (unpaired) electrons. The first-order chi connectivity index (χ1) is 7.36. The highest BCUT2D eigenvalue weighted by Crippen LogP contribution is 2.21. The average Bonchev–Trinajstić information content (AvgIpc) is 2.59. The molecule has 0 fully saturated rings. The number of nitrogens with two attached hydrogens (primary N) is 1. The molecule has 0 saturated heterocycles. The number of aromatic nitrogens is 1. The van der Waals surface area contributed by atoms with Crippen LogP contribution in [0, 0.1) is 0 Å². The zero-order valence-electron chi connectivity index (χ0n) is 9.24. The van der Waals surface area contributed by atoms with Gasteiger partial charge >= 0.3 is 0 Å². The standard InChI is InChI=1S/C13H18N2/c1-2-9-15-10-11(7-8-14)12-5-3-4-6-13(12)15/h3-6,10H,2,7-9,14H2,1H3. The zero-order chi connectivity index (χ0) is 10.7. The lowest BCUT2D eigenvalue weighted by Crippen LogP contribution is -2.02. The summed E-state index contributed by atoms with van der Waals surface area (Å²) in [6.45, 7) is 4.02. The third-order valence-corrected chi connectivity index (χ3v) is 2.75. The van der Waals surface area contributed by atoms with E-state index in [1.807, 2.05) is 0 Å². The monoisotopic (exact) mass is 202 g/mol. The number of hydrogen-bond donors (Lipinski definition) is 1. The van der Waals surface area contributed by atoms with Crippen LogP contribution in [0.15, 0.2) is 30.5 Å². The third-order valence-electron chi connectivity index (χ3n) is 2.75. The lowest BCUT2D eigenvalue weighted by atomic mass is 10.1. The van der Waals surface area contributed by atoms with Crippen molar-refractivity contribution in [2.45, 2.75) is 26.3 Å². The quantitative estimate of drug-likeness (QED) is 0.811. The zero-order valence-corrected chi connectivity index (χ0v) is 9.24. The summed E-state index contributed by atoms with van der Waals surface area (Å²) in [5, 5.41) is 1.36. The molecule has 0 aliphatic carbocycles. The van der Waals surface area contributed by atoms with Gasteiger partial charge in [0.1, 0.15) is 0 Å². The van der Waals surface area contributed by atoms with Gasteiger partial charge in [-0.1, -0.05) is 25.1 Å². The van der Waals surface area contributed by atoms with Gasteiger partial charge in [0.15, 0.2) is 0 Å². The molecule has 1 heterocycles. The van der Waals surface area contributed by atoms with Crippen molar-refractivity contribution in [1.82, 2.24) is 4.57 Å². The minimum atomic E-state index is 0.722. The van der Waals surface area contributed by atoms with Crippen LogP contribution >= 0.6 is 0 Å². The van der Waals surface area contributed by atoms with Gasteiger partial charge in [0.05, 0.1) is 0 Å². The van der Waals surface area contributed by atoms with Crippen molar-refractivity contribution in [3.63, 3.8) is 0 Å². The number of hydrogen-bond acceptors (Lipinski definition) is 1. The van der Waals surface area contributed by atoms with Gasteiger partial charge in [-0.3, -0.25) is 0 Å². The molecule has 80 valence electrons. The second-order valence-corrected chi connectivity index (χ2v) is 3.90. The largest absolute Gasteiger partial charge is 0.347 e. The molecular formula is C13H18N2. The summed E-state index contributed by atoms with van der Waals surface area (Å²) in [5.41, 5.74) is 8.34. The molecule has 2 heteroatoms. The lowest BCUT2D eigenvalue weighted by Gasteiger charge is -2.01. The van der Waals surface area contributed by atoms with Crippen molar-refractivity contribution in [3.05, 3.63) is 36.0 Å². The Hall–Kier alpha value is -1.28. The van der Waals surface area contributed by atoms with Gasteiger partial charge in [0.25, 0.3) is 0 Å². The van der Waals surface area contributed by atoms with Crippen LogP contribution in [0.25, 0.3) is 10.9 Å². The first-order valence-corrected chi connectivity index (χ1v) is 5.63. The summed E-state index contributed by atoms with van der Waals surface area (Å²) in [7, 11) is 0. The fourth-order valence-electron chi connectivity index (χ4n) is 2.10. The van der Waals surface area contributed by atoms with Crippen LogP contribution in [0.5, 0.6) is 0 Å². The molecule has 0 atom stereocenters. The normalized spacial score (nSPS) is 11.1. The highest BCUT2D eigenvalue weighted by Gasteiger charge is 2.05. The Balaban J connectivity index is 2.52. The minimum absolute atomic E-state index is 0.722. The van der Waals surface area contributed by atoms with Gasteiger partial charge in [0, 0.05) is 23.6 Å². The van der Waals surface area contributed by atoms with E-state index in [4.69, 9.17) is 5.73 Å². The minimum Gasteiger partial charge on any atom is -0.347 e. The van der Waals surface area contributed by atoms with Crippen LogP contribution in [-0.4, -0.2) is 11.1 Å². The molecule has 2 aromatic rings. The molecular weight excluding hydrogens is 184 g/mol. The number of aryl methyl sites for hydroxylation is 1. The van der Waals surface area contributed by atoms with E-state index in [-0.39, 0.29) is 0 Å². The van der Waals surface area contributed by atoms with E-state index < -0.39 is 0 Å². The van der Waals surface area contributed by atoms with E-state index in [0.717, 1.165) is 19.5 Å². The van der Waals surface area contributed by atoms with E-state index in [2.05, 4.69) is 42.0 Å². The van der Waals surface area contributed by atoms with Gasteiger partial charge in [-0.15, -0.1) is 0 Å².